The van der Waals surface area contributed by atoms with Crippen LogP contribution in [-0.4, -0.2) is 11.1 Å². The van der Waals surface area contributed by atoms with E-state index < -0.39 is 0 Å². The van der Waals surface area contributed by atoms with E-state index in [1.807, 2.05) is 0 Å². The molecule has 0 bridgehead atoms. The van der Waals surface area contributed by atoms with Gasteiger partial charge in [-0.1, -0.05) is 0 Å². The number of H-pyrrole nitrogens is 1. The Balaban J connectivity index is 2.27. The topological polar surface area (TPSA) is 42.1 Å². The van der Waals surface area contributed by atoms with Crippen LogP contribution in [0.4, 0.5) is 0 Å². The molecule has 12 heavy (non-hydrogen) atoms. The van der Waals surface area contributed by atoms with E-state index >= 15 is 0 Å². The second-order valence-electron chi connectivity index (χ2n) is 2.83. The molecule has 0 atom stereocenters. The second-order valence-corrected chi connectivity index (χ2v) is 3.74. The van der Waals surface area contributed by atoms with Crippen molar-refractivity contribution in [2.24, 2.45) is 0 Å². The zero-order valence-corrected chi connectivity index (χ0v) is 7.93. The fourth-order valence-electron chi connectivity index (χ4n) is 0.891. The average Bonchev–Trinajstić information content (AvgIpc) is 2.81. The Hall–Kier alpha value is -0.770. The van der Waals surface area contributed by atoms with Crippen LogP contribution in [0.1, 0.15) is 12.8 Å². The molecule has 2 rings (SSSR count). The van der Waals surface area contributed by atoms with Crippen LogP contribution in [0.15, 0.2) is 21.5 Å². The number of ether oxygens (including phenoxy) is 1. The van der Waals surface area contributed by atoms with Gasteiger partial charge in [0.2, 0.25) is 0 Å². The first-order chi connectivity index (χ1) is 5.75. The predicted octanol–water partition coefficient (Wildman–Crippen LogP) is 1.68. The van der Waals surface area contributed by atoms with Crippen LogP contribution in [0.2, 0.25) is 0 Å². The summed E-state index contributed by atoms with van der Waals surface area (Å²) in [7, 11) is 0. The van der Waals surface area contributed by atoms with Crippen molar-refractivity contribution in [2.45, 2.75) is 18.9 Å². The molecule has 1 N–H and O–H groups in total. The van der Waals surface area contributed by atoms with Crippen LogP contribution in [0.5, 0.6) is 5.75 Å². The molecule has 1 fully saturated rings. The normalized spacial score (nSPS) is 16.1. The number of aromatic nitrogens is 1. The molecule has 0 saturated heterocycles. The Morgan fingerprint density at radius 3 is 3.00 bits per heavy atom. The van der Waals surface area contributed by atoms with E-state index in [0.29, 0.717) is 5.75 Å². The van der Waals surface area contributed by atoms with Gasteiger partial charge in [0.05, 0.1) is 6.10 Å². The molecule has 0 radical (unpaired) electrons. The average molecular weight is 230 g/mol. The fraction of sp³-hybridized carbons (Fsp3) is 0.375. The molecule has 1 aliphatic rings. The smallest absolute Gasteiger partial charge is 0.290 e. The number of halogens is 1. The summed E-state index contributed by atoms with van der Waals surface area (Å²) in [6.07, 6.45) is 3.99. The number of aromatic amines is 1. The lowest BCUT2D eigenvalue weighted by molar-refractivity contribution is 0.298. The summed E-state index contributed by atoms with van der Waals surface area (Å²) in [5.74, 6) is 0.409. The first-order valence-electron chi connectivity index (χ1n) is 3.80. The van der Waals surface area contributed by atoms with Gasteiger partial charge in [0.1, 0.15) is 0 Å². The first-order valence-corrected chi connectivity index (χ1v) is 4.60. The summed E-state index contributed by atoms with van der Waals surface area (Å²) in [6, 6.07) is 1.69. The van der Waals surface area contributed by atoms with Crippen LogP contribution in [0.25, 0.3) is 0 Å². The molecule has 3 nitrogen and oxygen atoms in total. The second kappa shape index (κ2) is 2.94. The minimum absolute atomic E-state index is 0.162. The van der Waals surface area contributed by atoms with Crippen molar-refractivity contribution >= 4 is 15.9 Å². The SMILES string of the molecule is O=c1[nH]cc(Br)cc1OC1CC1. The Labute approximate surface area is 77.9 Å². The van der Waals surface area contributed by atoms with Gasteiger partial charge in [-0.05, 0) is 28.8 Å². The highest BCUT2D eigenvalue weighted by Gasteiger charge is 2.24. The summed E-state index contributed by atoms with van der Waals surface area (Å²) in [5.41, 5.74) is -0.162. The molecule has 0 aromatic carbocycles. The molecule has 4 heteroatoms. The van der Waals surface area contributed by atoms with Crippen molar-refractivity contribution in [2.75, 3.05) is 0 Å². The number of nitrogens with one attached hydrogen (secondary N) is 1. The predicted molar refractivity (Wildman–Crippen MR) is 48.4 cm³/mol. The zero-order chi connectivity index (χ0) is 8.55. The molecule has 0 amide bonds. The minimum Gasteiger partial charge on any atom is -0.485 e. The van der Waals surface area contributed by atoms with Gasteiger partial charge >= 0.3 is 0 Å². The molecule has 0 spiro atoms. The summed E-state index contributed by atoms with van der Waals surface area (Å²) in [4.78, 5) is 13.7. The molecule has 0 unspecified atom stereocenters. The van der Waals surface area contributed by atoms with E-state index in [4.69, 9.17) is 4.74 Å². The van der Waals surface area contributed by atoms with Gasteiger partial charge in [-0.15, -0.1) is 0 Å². The van der Waals surface area contributed by atoms with Crippen LogP contribution in [0, 0.1) is 0 Å². The van der Waals surface area contributed by atoms with E-state index in [1.165, 1.54) is 0 Å². The third-order valence-corrected chi connectivity index (χ3v) is 2.11. The summed E-state index contributed by atoms with van der Waals surface area (Å²) < 4.78 is 6.19. The van der Waals surface area contributed by atoms with E-state index in [-0.39, 0.29) is 11.7 Å². The van der Waals surface area contributed by atoms with Crippen molar-refractivity contribution in [3.63, 3.8) is 0 Å². The Morgan fingerprint density at radius 2 is 2.33 bits per heavy atom. The number of rotatable bonds is 2. The van der Waals surface area contributed by atoms with Crippen molar-refractivity contribution in [3.8, 4) is 5.75 Å². The molecule has 1 heterocycles. The van der Waals surface area contributed by atoms with Crippen molar-refractivity contribution in [1.82, 2.24) is 4.98 Å². The third-order valence-electron chi connectivity index (χ3n) is 1.65. The number of hydrogen-bond donors (Lipinski definition) is 1. The highest BCUT2D eigenvalue weighted by Crippen LogP contribution is 2.25. The molecule has 64 valence electrons. The third kappa shape index (κ3) is 1.69. The molecule has 1 aromatic heterocycles. The lowest BCUT2D eigenvalue weighted by atomic mass is 10.4. The molecular weight excluding hydrogens is 222 g/mol. The van der Waals surface area contributed by atoms with E-state index in [1.54, 1.807) is 12.3 Å². The van der Waals surface area contributed by atoms with Crippen LogP contribution < -0.4 is 10.3 Å². The first kappa shape index (κ1) is 7.86. The van der Waals surface area contributed by atoms with Gasteiger partial charge in [-0.25, -0.2) is 0 Å². The zero-order valence-electron chi connectivity index (χ0n) is 6.34. The summed E-state index contributed by atoms with van der Waals surface area (Å²) in [5, 5.41) is 0. The molecule has 1 saturated carbocycles. The van der Waals surface area contributed by atoms with Crippen LogP contribution in [0.3, 0.4) is 0 Å². The largest absolute Gasteiger partial charge is 0.485 e. The number of pyridine rings is 1. The fourth-order valence-corrected chi connectivity index (χ4v) is 1.21. The van der Waals surface area contributed by atoms with Gasteiger partial charge in [0.15, 0.2) is 5.75 Å². The highest BCUT2D eigenvalue weighted by molar-refractivity contribution is 9.10. The Kier molecular flexibility index (Phi) is 1.92. The van der Waals surface area contributed by atoms with Gasteiger partial charge in [-0.2, -0.15) is 0 Å². The van der Waals surface area contributed by atoms with Crippen LogP contribution in [-0.2, 0) is 0 Å². The maximum absolute atomic E-state index is 11.1. The molecule has 1 aromatic rings. The summed E-state index contributed by atoms with van der Waals surface area (Å²) >= 11 is 3.26. The maximum atomic E-state index is 11.1. The van der Waals surface area contributed by atoms with Gasteiger partial charge in [0, 0.05) is 16.7 Å². The quantitative estimate of drug-likeness (QED) is 0.839. The van der Waals surface area contributed by atoms with Crippen molar-refractivity contribution in [3.05, 3.63) is 27.1 Å². The highest BCUT2D eigenvalue weighted by atomic mass is 79.9. The molecular formula is C8H8BrNO2. The van der Waals surface area contributed by atoms with Crippen molar-refractivity contribution in [1.29, 1.82) is 0 Å². The number of hydrogen-bond acceptors (Lipinski definition) is 2. The minimum atomic E-state index is -0.162. The molecule has 1 aliphatic carbocycles. The van der Waals surface area contributed by atoms with Crippen LogP contribution >= 0.6 is 15.9 Å². The van der Waals surface area contributed by atoms with Crippen molar-refractivity contribution < 1.29 is 4.74 Å². The standard InChI is InChI=1S/C8H8BrNO2/c9-5-3-7(8(11)10-4-5)12-6-1-2-6/h3-4,6H,1-2H2,(H,10,11). The van der Waals surface area contributed by atoms with E-state index in [9.17, 15) is 4.79 Å². The Morgan fingerprint density at radius 1 is 1.58 bits per heavy atom. The van der Waals surface area contributed by atoms with E-state index in [2.05, 4.69) is 20.9 Å². The van der Waals surface area contributed by atoms with Gasteiger partial charge in [-0.3, -0.25) is 4.79 Å². The lowest BCUT2D eigenvalue weighted by Gasteiger charge is -2.01. The van der Waals surface area contributed by atoms with Gasteiger partial charge in [0.25, 0.3) is 5.56 Å². The summed E-state index contributed by atoms with van der Waals surface area (Å²) in [6.45, 7) is 0. The molecule has 0 aliphatic heterocycles. The monoisotopic (exact) mass is 229 g/mol. The van der Waals surface area contributed by atoms with Gasteiger partial charge < -0.3 is 9.72 Å². The Bertz CT molecular complexity index is 343. The lowest BCUT2D eigenvalue weighted by Crippen LogP contribution is -2.11. The maximum Gasteiger partial charge on any atom is 0.290 e. The van der Waals surface area contributed by atoms with E-state index in [0.717, 1.165) is 17.3 Å².